The summed E-state index contributed by atoms with van der Waals surface area (Å²) >= 11 is 3.33. The van der Waals surface area contributed by atoms with Crippen LogP contribution in [-0.4, -0.2) is 25.0 Å². The van der Waals surface area contributed by atoms with Crippen LogP contribution >= 0.6 is 15.9 Å². The van der Waals surface area contributed by atoms with Crippen molar-refractivity contribution in [3.8, 4) is 5.75 Å². The Morgan fingerprint density at radius 1 is 1.18 bits per heavy atom. The van der Waals surface area contributed by atoms with Crippen LogP contribution < -0.4 is 15.4 Å². The van der Waals surface area contributed by atoms with Crippen molar-refractivity contribution in [3.05, 3.63) is 58.1 Å². The number of amides is 2. The summed E-state index contributed by atoms with van der Waals surface area (Å²) in [5.74, 6) is 0.0891. The Morgan fingerprint density at radius 3 is 2.73 bits per heavy atom. The van der Waals surface area contributed by atoms with Gasteiger partial charge in [-0.3, -0.25) is 9.59 Å². The molecule has 112 valence electrons. The van der Waals surface area contributed by atoms with E-state index in [1.54, 1.807) is 42.5 Å². The van der Waals surface area contributed by atoms with Crippen LogP contribution in [0.5, 0.6) is 5.75 Å². The number of ether oxygens (including phenoxy) is 1. The summed E-state index contributed by atoms with van der Waals surface area (Å²) in [6, 6.07) is 12.1. The minimum absolute atomic E-state index is 0.202. The predicted octanol–water partition coefficient (Wildman–Crippen LogP) is 2.82. The molecular formula is C16H13BrN2O3. The molecule has 3 rings (SSSR count). The highest BCUT2D eigenvalue weighted by atomic mass is 79.9. The monoisotopic (exact) mass is 360 g/mol. The van der Waals surface area contributed by atoms with E-state index in [0.29, 0.717) is 35.7 Å². The van der Waals surface area contributed by atoms with E-state index in [4.69, 9.17) is 4.74 Å². The summed E-state index contributed by atoms with van der Waals surface area (Å²) in [7, 11) is 0. The number of nitrogens with one attached hydrogen (secondary N) is 2. The predicted molar refractivity (Wildman–Crippen MR) is 86.4 cm³/mol. The molecule has 6 heteroatoms. The van der Waals surface area contributed by atoms with Gasteiger partial charge >= 0.3 is 0 Å². The lowest BCUT2D eigenvalue weighted by Crippen LogP contribution is -2.24. The maximum atomic E-state index is 12.2. The molecule has 2 aromatic rings. The Labute approximate surface area is 135 Å². The number of hydrogen-bond acceptors (Lipinski definition) is 3. The highest BCUT2D eigenvalue weighted by Crippen LogP contribution is 2.24. The number of rotatable bonds is 2. The van der Waals surface area contributed by atoms with Gasteiger partial charge in [0.05, 0.1) is 12.1 Å². The molecule has 2 amide bonds. The van der Waals surface area contributed by atoms with Crippen molar-refractivity contribution in [3.63, 3.8) is 0 Å². The minimum atomic E-state index is -0.234. The number of anilines is 1. The summed E-state index contributed by atoms with van der Waals surface area (Å²) in [5, 5.41) is 5.52. The second-order valence-corrected chi connectivity index (χ2v) is 5.69. The topological polar surface area (TPSA) is 67.4 Å². The van der Waals surface area contributed by atoms with Gasteiger partial charge in [0.15, 0.2) is 0 Å². The summed E-state index contributed by atoms with van der Waals surface area (Å²) in [4.78, 5) is 24.1. The van der Waals surface area contributed by atoms with Crippen molar-refractivity contribution in [1.29, 1.82) is 0 Å². The van der Waals surface area contributed by atoms with Gasteiger partial charge in [0.2, 0.25) is 0 Å². The Balaban J connectivity index is 1.82. The van der Waals surface area contributed by atoms with Crippen molar-refractivity contribution in [2.24, 2.45) is 0 Å². The first-order valence-electron chi connectivity index (χ1n) is 6.75. The molecule has 1 heterocycles. The fourth-order valence-corrected chi connectivity index (χ4v) is 2.40. The maximum absolute atomic E-state index is 12.2. The van der Waals surface area contributed by atoms with E-state index in [9.17, 15) is 9.59 Å². The van der Waals surface area contributed by atoms with Gasteiger partial charge < -0.3 is 15.4 Å². The summed E-state index contributed by atoms with van der Waals surface area (Å²) in [5.41, 5.74) is 1.51. The van der Waals surface area contributed by atoms with Crippen LogP contribution in [0.4, 0.5) is 5.69 Å². The number of hydrogen-bond donors (Lipinski definition) is 2. The molecule has 0 aromatic heterocycles. The Bertz CT molecular complexity index is 729. The van der Waals surface area contributed by atoms with E-state index >= 15 is 0 Å². The summed E-state index contributed by atoms with van der Waals surface area (Å²) < 4.78 is 6.38. The lowest BCUT2D eigenvalue weighted by atomic mass is 10.1. The van der Waals surface area contributed by atoms with E-state index in [1.807, 2.05) is 0 Å². The van der Waals surface area contributed by atoms with E-state index in [0.717, 1.165) is 4.47 Å². The second kappa shape index (κ2) is 6.19. The van der Waals surface area contributed by atoms with Gasteiger partial charge in [0.1, 0.15) is 12.4 Å². The van der Waals surface area contributed by atoms with E-state index < -0.39 is 0 Å². The number of carbonyl (C=O) groups excluding carboxylic acids is 2. The van der Waals surface area contributed by atoms with E-state index in [2.05, 4.69) is 26.6 Å². The lowest BCUT2D eigenvalue weighted by Gasteiger charge is -2.09. The van der Waals surface area contributed by atoms with Gasteiger partial charge in [-0.05, 0) is 42.5 Å². The molecule has 0 saturated heterocycles. The third-order valence-electron chi connectivity index (χ3n) is 3.23. The van der Waals surface area contributed by atoms with Crippen molar-refractivity contribution < 1.29 is 14.3 Å². The van der Waals surface area contributed by atoms with Gasteiger partial charge in [-0.1, -0.05) is 15.9 Å². The van der Waals surface area contributed by atoms with E-state index in [-0.39, 0.29) is 11.8 Å². The molecule has 0 fully saturated rings. The van der Waals surface area contributed by atoms with Crippen molar-refractivity contribution >= 4 is 33.4 Å². The third kappa shape index (κ3) is 3.12. The maximum Gasteiger partial charge on any atom is 0.255 e. The SMILES string of the molecule is O=C(Nc1ccc2c(c1)C(=O)NCCO2)c1ccc(Br)cc1. The van der Waals surface area contributed by atoms with Gasteiger partial charge in [-0.2, -0.15) is 0 Å². The van der Waals surface area contributed by atoms with Crippen LogP contribution in [0.2, 0.25) is 0 Å². The Morgan fingerprint density at radius 2 is 1.95 bits per heavy atom. The third-order valence-corrected chi connectivity index (χ3v) is 3.76. The van der Waals surface area contributed by atoms with Crippen molar-refractivity contribution in [2.75, 3.05) is 18.5 Å². The number of halogens is 1. The first-order chi connectivity index (χ1) is 10.6. The van der Waals surface area contributed by atoms with Crippen LogP contribution in [0.25, 0.3) is 0 Å². The van der Waals surface area contributed by atoms with Crippen LogP contribution in [0, 0.1) is 0 Å². The highest BCUT2D eigenvalue weighted by Gasteiger charge is 2.17. The number of benzene rings is 2. The molecule has 0 saturated carbocycles. The van der Waals surface area contributed by atoms with Crippen molar-refractivity contribution in [1.82, 2.24) is 5.32 Å². The zero-order valence-electron chi connectivity index (χ0n) is 11.6. The Hall–Kier alpha value is -2.34. The number of carbonyl (C=O) groups is 2. The fourth-order valence-electron chi connectivity index (χ4n) is 2.14. The molecule has 2 aromatic carbocycles. The zero-order chi connectivity index (χ0) is 15.5. The molecule has 1 aliphatic heterocycles. The Kier molecular flexibility index (Phi) is 4.11. The molecule has 1 aliphatic rings. The van der Waals surface area contributed by atoms with Crippen LogP contribution in [0.3, 0.4) is 0 Å². The highest BCUT2D eigenvalue weighted by molar-refractivity contribution is 9.10. The quantitative estimate of drug-likeness (QED) is 0.865. The van der Waals surface area contributed by atoms with Gasteiger partial charge in [-0.25, -0.2) is 0 Å². The van der Waals surface area contributed by atoms with Crippen LogP contribution in [0.15, 0.2) is 46.9 Å². The molecule has 0 spiro atoms. The second-order valence-electron chi connectivity index (χ2n) is 4.78. The molecule has 2 N–H and O–H groups in total. The smallest absolute Gasteiger partial charge is 0.255 e. The zero-order valence-corrected chi connectivity index (χ0v) is 13.1. The summed E-state index contributed by atoms with van der Waals surface area (Å²) in [6.07, 6.45) is 0. The average molecular weight is 361 g/mol. The van der Waals surface area contributed by atoms with Crippen molar-refractivity contribution in [2.45, 2.75) is 0 Å². The van der Waals surface area contributed by atoms with Gasteiger partial charge in [-0.15, -0.1) is 0 Å². The number of fused-ring (bicyclic) bond motifs is 1. The average Bonchev–Trinajstić information content (AvgIpc) is 2.70. The first kappa shape index (κ1) is 14.6. The molecule has 5 nitrogen and oxygen atoms in total. The van der Waals surface area contributed by atoms with Gasteiger partial charge in [0.25, 0.3) is 11.8 Å². The standard InChI is InChI=1S/C16H13BrN2O3/c17-11-3-1-10(2-4-11)15(20)19-12-5-6-14-13(9-12)16(21)18-7-8-22-14/h1-6,9H,7-8H2,(H,18,21)(H,19,20). The molecule has 0 atom stereocenters. The molecule has 0 aliphatic carbocycles. The molecule has 0 bridgehead atoms. The molecular weight excluding hydrogens is 348 g/mol. The largest absolute Gasteiger partial charge is 0.491 e. The van der Waals surface area contributed by atoms with Gasteiger partial charge in [0, 0.05) is 15.7 Å². The molecule has 0 radical (unpaired) electrons. The minimum Gasteiger partial charge on any atom is -0.491 e. The fraction of sp³-hybridized carbons (Fsp3) is 0.125. The molecule has 0 unspecified atom stereocenters. The normalized spacial score (nSPS) is 13.4. The van der Waals surface area contributed by atoms with E-state index in [1.165, 1.54) is 0 Å². The van der Waals surface area contributed by atoms with Crippen LogP contribution in [0.1, 0.15) is 20.7 Å². The summed E-state index contributed by atoms with van der Waals surface area (Å²) in [6.45, 7) is 0.900. The van der Waals surface area contributed by atoms with Crippen LogP contribution in [-0.2, 0) is 0 Å². The lowest BCUT2D eigenvalue weighted by molar-refractivity contribution is 0.0955. The first-order valence-corrected chi connectivity index (χ1v) is 7.55. The molecule has 22 heavy (non-hydrogen) atoms.